The number of nitrogen functional groups attached to an aromatic ring is 1. The zero-order valence-corrected chi connectivity index (χ0v) is 15.4. The van der Waals surface area contributed by atoms with Crippen LogP contribution in [0, 0.1) is 0 Å². The summed E-state index contributed by atoms with van der Waals surface area (Å²) >= 11 is 0. The Morgan fingerprint density at radius 3 is 3.07 bits per heavy atom. The van der Waals surface area contributed by atoms with Crippen LogP contribution in [0.5, 0.6) is 5.88 Å². The Kier molecular flexibility index (Phi) is 5.09. The highest BCUT2D eigenvalue weighted by molar-refractivity contribution is 6.06. The number of rotatable bonds is 5. The molecule has 1 saturated heterocycles. The maximum absolute atomic E-state index is 12.4. The molecule has 9 heteroatoms. The van der Waals surface area contributed by atoms with Gasteiger partial charge in [-0.1, -0.05) is 0 Å². The van der Waals surface area contributed by atoms with E-state index in [1.807, 2.05) is 19.2 Å². The number of ether oxygens (including phenoxy) is 3. The molecule has 1 aliphatic rings. The molecule has 2 aromatic heterocycles. The molecule has 1 amide bonds. The number of hydrogen-bond donors (Lipinski definition) is 2. The molecule has 0 saturated carbocycles. The Bertz CT molecular complexity index is 997. The van der Waals surface area contributed by atoms with Crippen LogP contribution in [0.25, 0.3) is 10.9 Å². The molecule has 1 atom stereocenters. The second-order valence-electron chi connectivity index (χ2n) is 6.43. The van der Waals surface area contributed by atoms with Gasteiger partial charge in [-0.05, 0) is 30.3 Å². The first kappa shape index (κ1) is 18.2. The first-order valence-electron chi connectivity index (χ1n) is 8.92. The standard InChI is InChI=1S/C19H21N5O4/c1-24-16-9-12(22-18(25)17-15(20)3-2-6-21-17)4-5-14(16)19(23-24)28-11-13-10-26-7-8-27-13/h2-6,9,13H,7-8,10-11,20H2,1H3,(H,22,25)/t13-/m1/s1. The van der Waals surface area contributed by atoms with E-state index in [9.17, 15) is 4.79 Å². The van der Waals surface area contributed by atoms with Crippen LogP contribution in [0.3, 0.4) is 0 Å². The molecule has 3 heterocycles. The van der Waals surface area contributed by atoms with E-state index in [-0.39, 0.29) is 17.7 Å². The van der Waals surface area contributed by atoms with Gasteiger partial charge in [0.15, 0.2) is 5.69 Å². The minimum absolute atomic E-state index is 0.104. The van der Waals surface area contributed by atoms with Gasteiger partial charge >= 0.3 is 0 Å². The van der Waals surface area contributed by atoms with Crippen molar-refractivity contribution in [2.75, 3.05) is 37.5 Å². The molecule has 1 aromatic carbocycles. The Balaban J connectivity index is 1.50. The molecule has 146 valence electrons. The largest absolute Gasteiger partial charge is 0.473 e. The summed E-state index contributed by atoms with van der Waals surface area (Å²) in [5, 5.41) is 8.07. The molecule has 28 heavy (non-hydrogen) atoms. The molecule has 0 radical (unpaired) electrons. The fraction of sp³-hybridized carbons (Fsp3) is 0.316. The SMILES string of the molecule is Cn1nc(OC[C@H]2COCCO2)c2ccc(NC(=O)c3ncccc3N)cc21. The highest BCUT2D eigenvalue weighted by atomic mass is 16.6. The first-order valence-corrected chi connectivity index (χ1v) is 8.92. The van der Waals surface area contributed by atoms with Gasteiger partial charge < -0.3 is 25.3 Å². The molecule has 0 spiro atoms. The van der Waals surface area contributed by atoms with Gasteiger partial charge in [-0.25, -0.2) is 4.98 Å². The number of fused-ring (bicyclic) bond motifs is 1. The van der Waals surface area contributed by atoms with E-state index in [4.69, 9.17) is 19.9 Å². The second kappa shape index (κ2) is 7.83. The topological polar surface area (TPSA) is 114 Å². The fourth-order valence-corrected chi connectivity index (χ4v) is 3.01. The first-order chi connectivity index (χ1) is 13.6. The zero-order chi connectivity index (χ0) is 19.5. The average molecular weight is 383 g/mol. The van der Waals surface area contributed by atoms with Crippen molar-refractivity contribution in [1.82, 2.24) is 14.8 Å². The fourth-order valence-electron chi connectivity index (χ4n) is 3.01. The molecule has 4 rings (SSSR count). The summed E-state index contributed by atoms with van der Waals surface area (Å²) in [4.78, 5) is 16.4. The van der Waals surface area contributed by atoms with Gasteiger partial charge in [-0.2, -0.15) is 0 Å². The van der Waals surface area contributed by atoms with Crippen molar-refractivity contribution in [3.8, 4) is 5.88 Å². The number of anilines is 2. The zero-order valence-electron chi connectivity index (χ0n) is 15.4. The van der Waals surface area contributed by atoms with E-state index in [0.29, 0.717) is 43.7 Å². The van der Waals surface area contributed by atoms with E-state index in [0.717, 1.165) is 10.9 Å². The van der Waals surface area contributed by atoms with Crippen LogP contribution in [0.4, 0.5) is 11.4 Å². The number of nitrogens with one attached hydrogen (secondary N) is 1. The average Bonchev–Trinajstić information content (AvgIpc) is 3.03. The monoisotopic (exact) mass is 383 g/mol. The molecule has 3 N–H and O–H groups in total. The van der Waals surface area contributed by atoms with Crippen molar-refractivity contribution in [1.29, 1.82) is 0 Å². The van der Waals surface area contributed by atoms with Gasteiger partial charge in [0.2, 0.25) is 5.88 Å². The van der Waals surface area contributed by atoms with Crippen LogP contribution < -0.4 is 15.8 Å². The van der Waals surface area contributed by atoms with Gasteiger partial charge in [0.25, 0.3) is 5.91 Å². The third-order valence-corrected chi connectivity index (χ3v) is 4.42. The number of benzene rings is 1. The van der Waals surface area contributed by atoms with E-state index in [2.05, 4.69) is 15.4 Å². The number of pyridine rings is 1. The summed E-state index contributed by atoms with van der Waals surface area (Å²) < 4.78 is 18.5. The number of nitrogens with zero attached hydrogens (tertiary/aromatic N) is 3. The second-order valence-corrected chi connectivity index (χ2v) is 6.43. The highest BCUT2D eigenvalue weighted by Crippen LogP contribution is 2.27. The number of hydrogen-bond acceptors (Lipinski definition) is 7. The number of carbonyl (C=O) groups is 1. The predicted molar refractivity (Wildman–Crippen MR) is 103 cm³/mol. The Hall–Kier alpha value is -3.17. The lowest BCUT2D eigenvalue weighted by Gasteiger charge is -2.22. The molecule has 9 nitrogen and oxygen atoms in total. The van der Waals surface area contributed by atoms with Crippen LogP contribution in [0.15, 0.2) is 36.5 Å². The van der Waals surface area contributed by atoms with Gasteiger partial charge in [0.1, 0.15) is 12.7 Å². The van der Waals surface area contributed by atoms with Gasteiger partial charge in [-0.15, -0.1) is 5.10 Å². The number of amides is 1. The lowest BCUT2D eigenvalue weighted by atomic mass is 10.2. The molecule has 1 aliphatic heterocycles. The lowest BCUT2D eigenvalue weighted by Crippen LogP contribution is -2.33. The minimum Gasteiger partial charge on any atom is -0.473 e. The summed E-state index contributed by atoms with van der Waals surface area (Å²) in [5.41, 5.74) is 7.76. The van der Waals surface area contributed by atoms with E-state index >= 15 is 0 Å². The van der Waals surface area contributed by atoms with Crippen molar-refractivity contribution >= 4 is 28.2 Å². The maximum Gasteiger partial charge on any atom is 0.276 e. The Morgan fingerprint density at radius 2 is 2.29 bits per heavy atom. The lowest BCUT2D eigenvalue weighted by molar-refractivity contribution is -0.101. The summed E-state index contributed by atoms with van der Waals surface area (Å²) in [6.07, 6.45) is 1.42. The van der Waals surface area contributed by atoms with Gasteiger partial charge in [0, 0.05) is 18.9 Å². The minimum atomic E-state index is -0.370. The smallest absolute Gasteiger partial charge is 0.276 e. The van der Waals surface area contributed by atoms with Crippen molar-refractivity contribution in [3.05, 3.63) is 42.2 Å². The third-order valence-electron chi connectivity index (χ3n) is 4.42. The van der Waals surface area contributed by atoms with Crippen LogP contribution >= 0.6 is 0 Å². The van der Waals surface area contributed by atoms with Crippen molar-refractivity contribution in [2.45, 2.75) is 6.10 Å². The normalized spacial score (nSPS) is 16.8. The van der Waals surface area contributed by atoms with Crippen molar-refractivity contribution in [2.24, 2.45) is 7.05 Å². The maximum atomic E-state index is 12.4. The predicted octanol–water partition coefficient (Wildman–Crippen LogP) is 1.60. The molecular formula is C19H21N5O4. The van der Waals surface area contributed by atoms with Crippen LogP contribution in [-0.4, -0.2) is 53.2 Å². The number of carbonyl (C=O) groups excluding carboxylic acids is 1. The van der Waals surface area contributed by atoms with E-state index in [1.54, 1.807) is 22.9 Å². The summed E-state index contributed by atoms with van der Waals surface area (Å²) in [7, 11) is 1.82. The van der Waals surface area contributed by atoms with Gasteiger partial charge in [-0.3, -0.25) is 9.48 Å². The molecular weight excluding hydrogens is 362 g/mol. The van der Waals surface area contributed by atoms with E-state index < -0.39 is 0 Å². The molecule has 3 aromatic rings. The van der Waals surface area contributed by atoms with Crippen LogP contribution in [-0.2, 0) is 16.5 Å². The van der Waals surface area contributed by atoms with Crippen molar-refractivity contribution < 1.29 is 19.0 Å². The molecule has 0 bridgehead atoms. The molecule has 1 fully saturated rings. The quantitative estimate of drug-likeness (QED) is 0.688. The molecule has 0 aliphatic carbocycles. The van der Waals surface area contributed by atoms with E-state index in [1.165, 1.54) is 6.20 Å². The Labute approximate surface area is 161 Å². The summed E-state index contributed by atoms with van der Waals surface area (Å²) in [6.45, 7) is 2.06. The number of aryl methyl sites for hydroxylation is 1. The van der Waals surface area contributed by atoms with Crippen LogP contribution in [0.2, 0.25) is 0 Å². The van der Waals surface area contributed by atoms with Gasteiger partial charge in [0.05, 0.1) is 36.4 Å². The van der Waals surface area contributed by atoms with Crippen LogP contribution in [0.1, 0.15) is 10.5 Å². The van der Waals surface area contributed by atoms with Crippen molar-refractivity contribution in [3.63, 3.8) is 0 Å². The number of nitrogens with two attached hydrogens (primary N) is 1. The summed E-state index contributed by atoms with van der Waals surface area (Å²) in [5.74, 6) is 0.143. The molecule has 0 unspecified atom stereocenters. The third kappa shape index (κ3) is 3.75. The Morgan fingerprint density at radius 1 is 1.39 bits per heavy atom. The number of aromatic nitrogens is 3. The highest BCUT2D eigenvalue weighted by Gasteiger charge is 2.18. The summed E-state index contributed by atoms with van der Waals surface area (Å²) in [6, 6.07) is 8.78.